The molecule has 2 N–H and O–H groups in total. The number of benzene rings is 2. The first kappa shape index (κ1) is 27.9. The highest BCUT2D eigenvalue weighted by atomic mass is 16.5. The van der Waals surface area contributed by atoms with Crippen LogP contribution in [-0.2, 0) is 16.1 Å². The van der Waals surface area contributed by atoms with Crippen LogP contribution >= 0.6 is 0 Å². The van der Waals surface area contributed by atoms with Crippen molar-refractivity contribution in [3.8, 4) is 28.4 Å². The number of fused-ring (bicyclic) bond motifs is 7. The van der Waals surface area contributed by atoms with Crippen LogP contribution in [0.25, 0.3) is 11.1 Å². The highest BCUT2D eigenvalue weighted by Crippen LogP contribution is 2.29. The maximum Gasteiger partial charge on any atom is 0.258 e. The van der Waals surface area contributed by atoms with Gasteiger partial charge < -0.3 is 29.7 Å². The molecule has 3 aliphatic rings. The molecule has 214 valence electrons. The van der Waals surface area contributed by atoms with Crippen LogP contribution < -0.4 is 24.8 Å². The number of carbonyl (C=O) groups excluding carboxylic acids is 3. The van der Waals surface area contributed by atoms with Gasteiger partial charge in [0.05, 0.1) is 25.3 Å². The number of hydrogen-bond acceptors (Lipinski definition) is 7. The van der Waals surface area contributed by atoms with Gasteiger partial charge >= 0.3 is 0 Å². The van der Waals surface area contributed by atoms with Gasteiger partial charge in [0.25, 0.3) is 11.8 Å². The maximum atomic E-state index is 13.5. The van der Waals surface area contributed by atoms with E-state index in [0.29, 0.717) is 35.9 Å². The van der Waals surface area contributed by atoms with E-state index < -0.39 is 17.6 Å². The summed E-state index contributed by atoms with van der Waals surface area (Å²) in [6.45, 7) is 6.29. The van der Waals surface area contributed by atoms with Gasteiger partial charge in [-0.05, 0) is 35.9 Å². The van der Waals surface area contributed by atoms with E-state index in [2.05, 4.69) is 15.6 Å². The number of carbonyl (C=O) groups is 3. The number of hydrogen-bond donors (Lipinski definition) is 2. The summed E-state index contributed by atoms with van der Waals surface area (Å²) in [5.41, 5.74) is 2.05. The Morgan fingerprint density at radius 2 is 1.80 bits per heavy atom. The third-order valence-corrected chi connectivity index (χ3v) is 7.07. The van der Waals surface area contributed by atoms with E-state index in [1.165, 1.54) is 6.20 Å². The van der Waals surface area contributed by atoms with E-state index in [9.17, 15) is 14.4 Å². The van der Waals surface area contributed by atoms with Gasteiger partial charge in [-0.25, -0.2) is 0 Å². The summed E-state index contributed by atoms with van der Waals surface area (Å²) in [4.78, 5) is 45.2. The number of nitrogens with one attached hydrogen (secondary N) is 2. The fourth-order valence-corrected chi connectivity index (χ4v) is 4.92. The molecule has 0 spiro atoms. The van der Waals surface area contributed by atoms with Gasteiger partial charge in [0.15, 0.2) is 6.61 Å². The zero-order valence-electron chi connectivity index (χ0n) is 23.6. The van der Waals surface area contributed by atoms with E-state index in [4.69, 9.17) is 14.2 Å². The predicted molar refractivity (Wildman–Crippen MR) is 152 cm³/mol. The molecule has 0 radical (unpaired) electrons. The lowest BCUT2D eigenvalue weighted by Crippen LogP contribution is -2.45. The summed E-state index contributed by atoms with van der Waals surface area (Å²) in [5, 5.41) is 5.93. The minimum absolute atomic E-state index is 0.0252. The molecule has 6 rings (SSSR count). The largest absolute Gasteiger partial charge is 0.496 e. The molecule has 4 heterocycles. The van der Waals surface area contributed by atoms with Crippen molar-refractivity contribution in [2.45, 2.75) is 39.5 Å². The third-order valence-electron chi connectivity index (χ3n) is 7.07. The Morgan fingerprint density at radius 1 is 1.00 bits per heavy atom. The lowest BCUT2D eigenvalue weighted by atomic mass is 9.95. The standard InChI is InChI=1S/C31H34N4O6/c1-31(2,3)30(38)35-16-25-27(17-35)41-24-9-8-20(26(12-24)39-4)15-33-28(36)18-40-23-7-5-6-19(11-23)21-10-22(14-32-13-21)29(37)34-25/h5-14,25,27H,15-18H2,1-4H3,(H,33,36)(H,34,37)/t25-,27-/m0/s1. The molecule has 41 heavy (non-hydrogen) atoms. The Kier molecular flexibility index (Phi) is 7.83. The van der Waals surface area contributed by atoms with Gasteiger partial charge in [-0.2, -0.15) is 0 Å². The van der Waals surface area contributed by atoms with Crippen LogP contribution in [0.3, 0.4) is 0 Å². The van der Waals surface area contributed by atoms with E-state index in [-0.39, 0.29) is 30.9 Å². The van der Waals surface area contributed by atoms with Crippen molar-refractivity contribution in [2.75, 3.05) is 26.8 Å². The second-order valence-corrected chi connectivity index (χ2v) is 11.2. The van der Waals surface area contributed by atoms with E-state index in [0.717, 1.165) is 16.7 Å². The van der Waals surface area contributed by atoms with Crippen molar-refractivity contribution < 1.29 is 28.6 Å². The molecular formula is C31H34N4O6. The van der Waals surface area contributed by atoms with Crippen molar-refractivity contribution in [3.63, 3.8) is 0 Å². The normalized spacial score (nSPS) is 19.3. The van der Waals surface area contributed by atoms with Crippen molar-refractivity contribution >= 4 is 17.7 Å². The second kappa shape index (κ2) is 11.5. The fraction of sp³-hybridized carbons (Fsp3) is 0.355. The van der Waals surface area contributed by atoms with Crippen LogP contribution in [0.15, 0.2) is 60.9 Å². The average Bonchev–Trinajstić information content (AvgIpc) is 3.35. The first-order valence-corrected chi connectivity index (χ1v) is 13.5. The first-order valence-electron chi connectivity index (χ1n) is 13.5. The minimum Gasteiger partial charge on any atom is -0.496 e. The topological polar surface area (TPSA) is 119 Å². The smallest absolute Gasteiger partial charge is 0.258 e. The lowest BCUT2D eigenvalue weighted by molar-refractivity contribution is -0.138. The number of nitrogens with zero attached hydrogens (tertiary/aromatic N) is 2. The van der Waals surface area contributed by atoms with Crippen molar-refractivity contribution in [3.05, 3.63) is 72.1 Å². The van der Waals surface area contributed by atoms with Gasteiger partial charge in [0.1, 0.15) is 23.4 Å². The van der Waals surface area contributed by atoms with Gasteiger partial charge in [-0.3, -0.25) is 19.4 Å². The number of methoxy groups -OCH3 is 1. The first-order chi connectivity index (χ1) is 19.6. The summed E-state index contributed by atoms with van der Waals surface area (Å²) in [6.07, 6.45) is 2.66. The van der Waals surface area contributed by atoms with Gasteiger partial charge in [-0.1, -0.05) is 32.9 Å². The van der Waals surface area contributed by atoms with Crippen LogP contribution in [0.1, 0.15) is 36.7 Å². The molecular weight excluding hydrogens is 524 g/mol. The summed E-state index contributed by atoms with van der Waals surface area (Å²) >= 11 is 0. The molecule has 1 saturated heterocycles. The van der Waals surface area contributed by atoms with E-state index in [1.54, 1.807) is 48.5 Å². The van der Waals surface area contributed by atoms with Crippen LogP contribution in [0, 0.1) is 5.41 Å². The molecule has 3 aromatic rings. The molecule has 0 aliphatic carbocycles. The molecule has 10 heteroatoms. The van der Waals surface area contributed by atoms with Crippen LogP contribution in [0.2, 0.25) is 0 Å². The summed E-state index contributed by atoms with van der Waals surface area (Å²) in [7, 11) is 1.55. The third kappa shape index (κ3) is 6.42. The van der Waals surface area contributed by atoms with Gasteiger partial charge in [0.2, 0.25) is 5.91 Å². The number of amides is 3. The Morgan fingerprint density at radius 3 is 2.59 bits per heavy atom. The SMILES string of the molecule is COc1cc2ccc1CNC(=O)COc1cccc(c1)-c1cncc(c1)C(=O)N[C@H]1CN(C(=O)C(C)(C)C)C[C@@H]1O2. The zero-order valence-corrected chi connectivity index (χ0v) is 23.6. The molecule has 1 aromatic heterocycles. The molecule has 0 saturated carbocycles. The van der Waals surface area contributed by atoms with Crippen molar-refractivity contribution in [1.82, 2.24) is 20.5 Å². The van der Waals surface area contributed by atoms with Crippen molar-refractivity contribution in [1.29, 1.82) is 0 Å². The van der Waals surface area contributed by atoms with Gasteiger partial charge in [-0.15, -0.1) is 0 Å². The molecule has 3 amide bonds. The number of rotatable bonds is 1. The molecule has 0 unspecified atom stereocenters. The summed E-state index contributed by atoms with van der Waals surface area (Å²) < 4.78 is 17.6. The van der Waals surface area contributed by atoms with E-state index >= 15 is 0 Å². The summed E-state index contributed by atoms with van der Waals surface area (Å²) in [5.74, 6) is 0.932. The Hall–Kier alpha value is -4.60. The Bertz CT molecular complexity index is 1470. The number of ether oxygens (including phenoxy) is 3. The number of aromatic nitrogens is 1. The lowest BCUT2D eigenvalue weighted by Gasteiger charge is -2.25. The quantitative estimate of drug-likeness (QED) is 0.471. The molecule has 1 fully saturated rings. The zero-order chi connectivity index (χ0) is 29.1. The Labute approximate surface area is 239 Å². The molecule has 2 atom stereocenters. The van der Waals surface area contributed by atoms with Crippen LogP contribution in [-0.4, -0.2) is 66.6 Å². The maximum absolute atomic E-state index is 13.5. The monoisotopic (exact) mass is 558 g/mol. The molecule has 10 nitrogen and oxygen atoms in total. The predicted octanol–water partition coefficient (Wildman–Crippen LogP) is 3.20. The number of likely N-dealkylation sites (tertiary alicyclic amines) is 1. The second-order valence-electron chi connectivity index (χ2n) is 11.2. The van der Waals surface area contributed by atoms with Crippen LogP contribution in [0.5, 0.6) is 17.2 Å². The molecule has 2 aromatic carbocycles. The van der Waals surface area contributed by atoms with Crippen molar-refractivity contribution in [2.24, 2.45) is 5.41 Å². The molecule has 3 aliphatic heterocycles. The highest BCUT2D eigenvalue weighted by Gasteiger charge is 2.41. The van der Waals surface area contributed by atoms with Crippen LogP contribution in [0.4, 0.5) is 0 Å². The average molecular weight is 559 g/mol. The molecule has 6 bridgehead atoms. The summed E-state index contributed by atoms with van der Waals surface area (Å²) in [6, 6.07) is 13.9. The Balaban J connectivity index is 1.50. The number of pyridine rings is 1. The minimum atomic E-state index is -0.584. The fourth-order valence-electron chi connectivity index (χ4n) is 4.92. The highest BCUT2D eigenvalue weighted by molar-refractivity contribution is 5.95. The van der Waals surface area contributed by atoms with E-state index in [1.807, 2.05) is 39.0 Å². The van der Waals surface area contributed by atoms with Gasteiger partial charge in [0, 0.05) is 48.1 Å².